The van der Waals surface area contributed by atoms with Crippen LogP contribution < -0.4 is 9.47 Å². The Morgan fingerprint density at radius 3 is 2.87 bits per heavy atom. The SMILES string of the molecule is COc1ccc(/C=C2/COc3ccc(F)cc3C2=O)cc1C#N. The van der Waals surface area contributed by atoms with Crippen LogP contribution in [0.3, 0.4) is 0 Å². The standard InChI is InChI=1S/C18H12FNO3/c1-22-16-4-2-11(6-12(16)9-20)7-13-10-23-17-5-3-14(19)8-15(17)18(13)21/h2-8H,10H2,1H3/b13-7-. The molecule has 0 saturated heterocycles. The molecule has 1 heterocycles. The Hall–Kier alpha value is -3.13. The summed E-state index contributed by atoms with van der Waals surface area (Å²) in [6.07, 6.45) is 1.64. The fourth-order valence-corrected chi connectivity index (χ4v) is 2.41. The van der Waals surface area contributed by atoms with Gasteiger partial charge in [0.05, 0.1) is 18.2 Å². The molecule has 0 N–H and O–H groups in total. The van der Waals surface area contributed by atoms with Crippen LogP contribution in [0.2, 0.25) is 0 Å². The van der Waals surface area contributed by atoms with Crippen molar-refractivity contribution in [2.75, 3.05) is 13.7 Å². The lowest BCUT2D eigenvalue weighted by Crippen LogP contribution is -2.19. The summed E-state index contributed by atoms with van der Waals surface area (Å²) in [6, 6.07) is 10.9. The topological polar surface area (TPSA) is 59.3 Å². The zero-order valence-corrected chi connectivity index (χ0v) is 12.3. The fourth-order valence-electron chi connectivity index (χ4n) is 2.41. The number of carbonyl (C=O) groups excluding carboxylic acids is 1. The number of hydrogen-bond acceptors (Lipinski definition) is 4. The summed E-state index contributed by atoms with van der Waals surface area (Å²) in [5.41, 5.74) is 1.65. The first-order valence-corrected chi connectivity index (χ1v) is 6.88. The number of benzene rings is 2. The number of methoxy groups -OCH3 is 1. The second kappa shape index (κ2) is 5.93. The van der Waals surface area contributed by atoms with Gasteiger partial charge in [-0.25, -0.2) is 4.39 Å². The predicted octanol–water partition coefficient (Wildman–Crippen LogP) is 3.36. The first-order chi connectivity index (χ1) is 11.1. The molecule has 0 aliphatic carbocycles. The van der Waals surface area contributed by atoms with E-state index in [0.29, 0.717) is 28.2 Å². The highest BCUT2D eigenvalue weighted by atomic mass is 19.1. The Balaban J connectivity index is 1.98. The highest BCUT2D eigenvalue weighted by Gasteiger charge is 2.23. The smallest absolute Gasteiger partial charge is 0.196 e. The van der Waals surface area contributed by atoms with E-state index in [1.165, 1.54) is 25.3 Å². The molecule has 1 aliphatic heterocycles. The van der Waals surface area contributed by atoms with Gasteiger partial charge in [0.1, 0.15) is 30.0 Å². The fraction of sp³-hybridized carbons (Fsp3) is 0.111. The molecule has 0 unspecified atom stereocenters. The van der Waals surface area contributed by atoms with Gasteiger partial charge in [0.15, 0.2) is 5.78 Å². The average molecular weight is 309 g/mol. The molecule has 0 spiro atoms. The van der Waals surface area contributed by atoms with Crippen molar-refractivity contribution in [3.05, 3.63) is 64.5 Å². The Kier molecular flexibility index (Phi) is 3.82. The van der Waals surface area contributed by atoms with E-state index in [-0.39, 0.29) is 18.0 Å². The van der Waals surface area contributed by atoms with Gasteiger partial charge in [0.25, 0.3) is 0 Å². The van der Waals surface area contributed by atoms with Crippen molar-refractivity contribution >= 4 is 11.9 Å². The van der Waals surface area contributed by atoms with Gasteiger partial charge in [0.2, 0.25) is 0 Å². The lowest BCUT2D eigenvalue weighted by atomic mass is 9.98. The summed E-state index contributed by atoms with van der Waals surface area (Å²) in [4.78, 5) is 12.4. The summed E-state index contributed by atoms with van der Waals surface area (Å²) in [5, 5.41) is 9.11. The third-order valence-electron chi connectivity index (χ3n) is 3.55. The summed E-state index contributed by atoms with van der Waals surface area (Å²) < 4.78 is 23.9. The Bertz CT molecular complexity index is 865. The van der Waals surface area contributed by atoms with Crippen LogP contribution in [0.1, 0.15) is 21.5 Å². The molecule has 2 aromatic rings. The third-order valence-corrected chi connectivity index (χ3v) is 3.55. The van der Waals surface area contributed by atoms with E-state index >= 15 is 0 Å². The number of rotatable bonds is 2. The van der Waals surface area contributed by atoms with Gasteiger partial charge >= 0.3 is 0 Å². The molecule has 5 heteroatoms. The Morgan fingerprint density at radius 2 is 2.13 bits per heavy atom. The number of hydrogen-bond donors (Lipinski definition) is 0. The Morgan fingerprint density at radius 1 is 1.30 bits per heavy atom. The van der Waals surface area contributed by atoms with E-state index < -0.39 is 5.82 Å². The van der Waals surface area contributed by atoms with Crippen molar-refractivity contribution in [2.24, 2.45) is 0 Å². The van der Waals surface area contributed by atoms with Crippen LogP contribution in [0.4, 0.5) is 4.39 Å². The van der Waals surface area contributed by atoms with Gasteiger partial charge in [-0.2, -0.15) is 5.26 Å². The minimum Gasteiger partial charge on any atom is -0.495 e. The minimum absolute atomic E-state index is 0.103. The highest BCUT2D eigenvalue weighted by Crippen LogP contribution is 2.29. The van der Waals surface area contributed by atoms with Gasteiger partial charge in [-0.05, 0) is 42.0 Å². The monoisotopic (exact) mass is 309 g/mol. The van der Waals surface area contributed by atoms with Gasteiger partial charge in [-0.15, -0.1) is 0 Å². The summed E-state index contributed by atoms with van der Waals surface area (Å²) in [6.45, 7) is 0.103. The van der Waals surface area contributed by atoms with Crippen molar-refractivity contribution in [3.63, 3.8) is 0 Å². The van der Waals surface area contributed by atoms with E-state index in [2.05, 4.69) is 0 Å². The van der Waals surface area contributed by atoms with E-state index in [4.69, 9.17) is 14.7 Å². The van der Waals surface area contributed by atoms with E-state index in [1.54, 1.807) is 24.3 Å². The normalized spacial score (nSPS) is 14.8. The van der Waals surface area contributed by atoms with Crippen LogP contribution in [-0.4, -0.2) is 19.5 Å². The number of fused-ring (bicyclic) bond motifs is 1. The van der Waals surface area contributed by atoms with Crippen LogP contribution in [0.25, 0.3) is 6.08 Å². The quantitative estimate of drug-likeness (QED) is 0.798. The second-order valence-electron chi connectivity index (χ2n) is 5.00. The molecule has 0 fully saturated rings. The molecule has 23 heavy (non-hydrogen) atoms. The van der Waals surface area contributed by atoms with Crippen LogP contribution in [0.15, 0.2) is 42.0 Å². The zero-order valence-electron chi connectivity index (χ0n) is 12.3. The van der Waals surface area contributed by atoms with Crippen molar-refractivity contribution in [2.45, 2.75) is 0 Å². The third kappa shape index (κ3) is 2.79. The van der Waals surface area contributed by atoms with Crippen molar-refractivity contribution in [3.8, 4) is 17.6 Å². The number of nitrogens with zero attached hydrogens (tertiary/aromatic N) is 1. The number of Topliss-reactive ketones (excluding diaryl/α,β-unsaturated/α-hetero) is 1. The lowest BCUT2D eigenvalue weighted by Gasteiger charge is -2.18. The molecule has 3 rings (SSSR count). The highest BCUT2D eigenvalue weighted by molar-refractivity contribution is 6.14. The molecule has 0 amide bonds. The number of nitriles is 1. The van der Waals surface area contributed by atoms with Crippen LogP contribution in [-0.2, 0) is 0 Å². The maximum atomic E-state index is 13.3. The number of carbonyl (C=O) groups is 1. The van der Waals surface area contributed by atoms with Gasteiger partial charge in [0, 0.05) is 5.57 Å². The summed E-state index contributed by atoms with van der Waals surface area (Å²) in [7, 11) is 1.48. The molecule has 2 aromatic carbocycles. The predicted molar refractivity (Wildman–Crippen MR) is 81.9 cm³/mol. The van der Waals surface area contributed by atoms with Crippen molar-refractivity contribution in [1.29, 1.82) is 5.26 Å². The number of ether oxygens (including phenoxy) is 2. The second-order valence-corrected chi connectivity index (χ2v) is 5.00. The molecular formula is C18H12FNO3. The minimum atomic E-state index is -0.488. The molecule has 0 bridgehead atoms. The Labute approximate surface area is 132 Å². The van der Waals surface area contributed by atoms with Crippen LogP contribution in [0.5, 0.6) is 11.5 Å². The van der Waals surface area contributed by atoms with Crippen molar-refractivity contribution < 1.29 is 18.7 Å². The van der Waals surface area contributed by atoms with E-state index in [9.17, 15) is 9.18 Å². The van der Waals surface area contributed by atoms with Crippen LogP contribution in [0, 0.1) is 17.1 Å². The first-order valence-electron chi connectivity index (χ1n) is 6.88. The molecule has 0 radical (unpaired) electrons. The van der Waals surface area contributed by atoms with E-state index in [1.807, 2.05) is 6.07 Å². The maximum Gasteiger partial charge on any atom is 0.196 e. The maximum absolute atomic E-state index is 13.3. The molecule has 0 atom stereocenters. The molecule has 1 aliphatic rings. The van der Waals surface area contributed by atoms with Crippen LogP contribution >= 0.6 is 0 Å². The van der Waals surface area contributed by atoms with Gasteiger partial charge < -0.3 is 9.47 Å². The summed E-state index contributed by atoms with van der Waals surface area (Å²) in [5.74, 6) is 0.0764. The van der Waals surface area contributed by atoms with Gasteiger partial charge in [-0.1, -0.05) is 6.07 Å². The van der Waals surface area contributed by atoms with Crippen molar-refractivity contribution in [1.82, 2.24) is 0 Å². The molecule has 114 valence electrons. The molecular weight excluding hydrogens is 297 g/mol. The number of ketones is 1. The average Bonchev–Trinajstić information content (AvgIpc) is 2.57. The number of halogens is 1. The largest absolute Gasteiger partial charge is 0.495 e. The molecule has 0 aromatic heterocycles. The first kappa shape index (κ1) is 14.8. The molecule has 4 nitrogen and oxygen atoms in total. The summed E-state index contributed by atoms with van der Waals surface area (Å²) >= 11 is 0. The van der Waals surface area contributed by atoms with E-state index in [0.717, 1.165) is 0 Å². The molecule has 0 saturated carbocycles. The van der Waals surface area contributed by atoms with Gasteiger partial charge in [-0.3, -0.25) is 4.79 Å². The lowest BCUT2D eigenvalue weighted by molar-refractivity contribution is 0.1000. The zero-order chi connectivity index (χ0) is 16.4.